The molecule has 1 aliphatic heterocycles. The smallest absolute Gasteiger partial charge is 0.395 e. The fourth-order valence-corrected chi connectivity index (χ4v) is 2.27. The van der Waals surface area contributed by atoms with Crippen molar-refractivity contribution in [1.29, 1.82) is 0 Å². The van der Waals surface area contributed by atoms with Crippen LogP contribution in [0.15, 0.2) is 18.2 Å². The van der Waals surface area contributed by atoms with E-state index in [1.807, 2.05) is 13.8 Å². The molecule has 0 radical (unpaired) electrons. The standard InChI is InChI=1S/C11H7ClF2O3.C2H6/c12-9(15)10(3-4-10)6-1-2-7-8(5-6)17-11(13,14)16-7;1-2/h1-2,5H,3-4H2;1-2H3. The molecule has 0 atom stereocenters. The average molecular weight is 291 g/mol. The maximum absolute atomic E-state index is 12.8. The molecule has 6 heteroatoms. The Morgan fingerprint density at radius 2 is 1.79 bits per heavy atom. The lowest BCUT2D eigenvalue weighted by molar-refractivity contribution is -0.286. The third kappa shape index (κ3) is 2.39. The Kier molecular flexibility index (Phi) is 3.43. The number of rotatable bonds is 2. The molecule has 0 spiro atoms. The van der Waals surface area contributed by atoms with Crippen molar-refractivity contribution in [3.05, 3.63) is 23.8 Å². The van der Waals surface area contributed by atoms with Crippen LogP contribution in [0, 0.1) is 0 Å². The molecule has 3 nitrogen and oxygen atoms in total. The van der Waals surface area contributed by atoms with Crippen LogP contribution >= 0.6 is 11.6 Å². The van der Waals surface area contributed by atoms with Gasteiger partial charge in [-0.05, 0) is 42.1 Å². The van der Waals surface area contributed by atoms with Crippen LogP contribution < -0.4 is 9.47 Å². The van der Waals surface area contributed by atoms with Crippen LogP contribution in [0.5, 0.6) is 11.5 Å². The van der Waals surface area contributed by atoms with Gasteiger partial charge in [0, 0.05) is 0 Å². The minimum Gasteiger partial charge on any atom is -0.395 e. The molecule has 1 heterocycles. The number of hydrogen-bond donors (Lipinski definition) is 0. The number of carbonyl (C=O) groups excluding carboxylic acids is 1. The minimum atomic E-state index is -3.64. The van der Waals surface area contributed by atoms with E-state index in [0.717, 1.165) is 0 Å². The summed E-state index contributed by atoms with van der Waals surface area (Å²) in [4.78, 5) is 11.3. The van der Waals surface area contributed by atoms with Crippen LogP contribution in [-0.4, -0.2) is 11.5 Å². The van der Waals surface area contributed by atoms with Crippen LogP contribution in [0.2, 0.25) is 0 Å². The summed E-state index contributed by atoms with van der Waals surface area (Å²) in [7, 11) is 0. The SMILES string of the molecule is CC.O=C(Cl)C1(c2ccc3c(c2)OC(F)(F)O3)CC1. The lowest BCUT2D eigenvalue weighted by Gasteiger charge is -2.10. The molecular weight excluding hydrogens is 278 g/mol. The number of fused-ring (bicyclic) bond motifs is 1. The number of carbonyl (C=O) groups is 1. The third-order valence-electron chi connectivity index (χ3n) is 3.08. The predicted octanol–water partition coefficient (Wildman–Crippen LogP) is 3.83. The number of benzene rings is 1. The first-order valence-electron chi connectivity index (χ1n) is 6.03. The maximum atomic E-state index is 12.8. The van der Waals surface area contributed by atoms with Gasteiger partial charge in [-0.1, -0.05) is 19.9 Å². The summed E-state index contributed by atoms with van der Waals surface area (Å²) >= 11 is 5.51. The Labute approximate surface area is 114 Å². The van der Waals surface area contributed by atoms with Gasteiger partial charge in [-0.25, -0.2) is 0 Å². The van der Waals surface area contributed by atoms with Gasteiger partial charge in [0.2, 0.25) is 5.24 Å². The van der Waals surface area contributed by atoms with Gasteiger partial charge in [0.15, 0.2) is 11.5 Å². The van der Waals surface area contributed by atoms with Gasteiger partial charge >= 0.3 is 6.29 Å². The molecule has 1 saturated carbocycles. The van der Waals surface area contributed by atoms with Gasteiger partial charge < -0.3 is 9.47 Å². The minimum absolute atomic E-state index is 0.0310. The Hall–Kier alpha value is -1.36. The molecular formula is C13H13ClF2O3. The van der Waals surface area contributed by atoms with Crippen molar-refractivity contribution in [2.45, 2.75) is 38.4 Å². The van der Waals surface area contributed by atoms with E-state index in [2.05, 4.69) is 9.47 Å². The van der Waals surface area contributed by atoms with Crippen molar-refractivity contribution in [3.63, 3.8) is 0 Å². The van der Waals surface area contributed by atoms with Gasteiger partial charge in [0.25, 0.3) is 0 Å². The number of ether oxygens (including phenoxy) is 2. The van der Waals surface area contributed by atoms with Crippen molar-refractivity contribution in [1.82, 2.24) is 0 Å². The first-order valence-corrected chi connectivity index (χ1v) is 6.41. The zero-order valence-electron chi connectivity index (χ0n) is 10.5. The molecule has 0 saturated heterocycles. The van der Waals surface area contributed by atoms with Crippen LogP contribution in [0.25, 0.3) is 0 Å². The van der Waals surface area contributed by atoms with E-state index in [4.69, 9.17) is 11.6 Å². The van der Waals surface area contributed by atoms with E-state index < -0.39 is 17.0 Å². The van der Waals surface area contributed by atoms with E-state index in [1.54, 1.807) is 6.07 Å². The molecule has 1 aromatic rings. The highest BCUT2D eigenvalue weighted by atomic mass is 35.5. The number of hydrogen-bond acceptors (Lipinski definition) is 3. The number of alkyl halides is 2. The largest absolute Gasteiger partial charge is 0.586 e. The lowest BCUT2D eigenvalue weighted by atomic mass is 9.97. The molecule has 1 aliphatic carbocycles. The summed E-state index contributed by atoms with van der Waals surface area (Å²) in [6.07, 6.45) is -2.38. The zero-order chi connectivity index (χ0) is 14.3. The van der Waals surface area contributed by atoms with Gasteiger partial charge in [-0.3, -0.25) is 4.79 Å². The zero-order valence-corrected chi connectivity index (χ0v) is 11.3. The molecule has 19 heavy (non-hydrogen) atoms. The molecule has 0 bridgehead atoms. The van der Waals surface area contributed by atoms with Crippen molar-refractivity contribution in [2.24, 2.45) is 0 Å². The molecule has 1 aromatic carbocycles. The molecule has 0 unspecified atom stereocenters. The van der Waals surface area contributed by atoms with Crippen molar-refractivity contribution < 1.29 is 23.0 Å². The quantitative estimate of drug-likeness (QED) is 0.777. The van der Waals surface area contributed by atoms with E-state index in [1.165, 1.54) is 12.1 Å². The number of halogens is 3. The second-order valence-electron chi connectivity index (χ2n) is 4.18. The molecule has 104 valence electrons. The maximum Gasteiger partial charge on any atom is 0.586 e. The summed E-state index contributed by atoms with van der Waals surface area (Å²) < 4.78 is 34.2. The summed E-state index contributed by atoms with van der Waals surface area (Å²) in [5, 5.41) is -0.469. The highest BCUT2D eigenvalue weighted by Gasteiger charge is 2.52. The van der Waals surface area contributed by atoms with Gasteiger partial charge in [-0.15, -0.1) is 8.78 Å². The van der Waals surface area contributed by atoms with Crippen molar-refractivity contribution in [2.75, 3.05) is 0 Å². The van der Waals surface area contributed by atoms with Crippen LogP contribution in [0.1, 0.15) is 32.3 Å². The highest BCUT2D eigenvalue weighted by Crippen LogP contribution is 2.52. The molecule has 0 aromatic heterocycles. The topological polar surface area (TPSA) is 35.5 Å². The van der Waals surface area contributed by atoms with Crippen LogP contribution in [0.4, 0.5) is 8.78 Å². The van der Waals surface area contributed by atoms with E-state index in [9.17, 15) is 13.6 Å². The van der Waals surface area contributed by atoms with Crippen molar-refractivity contribution in [3.8, 4) is 11.5 Å². The molecule has 3 rings (SSSR count). The van der Waals surface area contributed by atoms with Crippen molar-refractivity contribution >= 4 is 16.8 Å². The normalized spacial score (nSPS) is 20.3. The molecule has 0 amide bonds. The Morgan fingerprint density at radius 1 is 1.21 bits per heavy atom. The van der Waals surface area contributed by atoms with Crippen LogP contribution in [-0.2, 0) is 10.2 Å². The Balaban J connectivity index is 0.000000637. The lowest BCUT2D eigenvalue weighted by Crippen LogP contribution is -2.26. The van der Waals surface area contributed by atoms with E-state index in [0.29, 0.717) is 18.4 Å². The Morgan fingerprint density at radius 3 is 2.32 bits per heavy atom. The summed E-state index contributed by atoms with van der Waals surface area (Å²) in [5.74, 6) is -0.0896. The second-order valence-corrected chi connectivity index (χ2v) is 4.53. The fraction of sp³-hybridized carbons (Fsp3) is 0.462. The highest BCUT2D eigenvalue weighted by molar-refractivity contribution is 6.66. The van der Waals surface area contributed by atoms with Gasteiger partial charge in [0.1, 0.15) is 0 Å². The van der Waals surface area contributed by atoms with Crippen LogP contribution in [0.3, 0.4) is 0 Å². The predicted molar refractivity (Wildman–Crippen MR) is 65.8 cm³/mol. The average Bonchev–Trinajstić information content (AvgIpc) is 3.09. The third-order valence-corrected chi connectivity index (χ3v) is 3.44. The second kappa shape index (κ2) is 4.63. The summed E-state index contributed by atoms with van der Waals surface area (Å²) in [5.41, 5.74) is -0.129. The summed E-state index contributed by atoms with van der Waals surface area (Å²) in [6.45, 7) is 4.00. The van der Waals surface area contributed by atoms with Gasteiger partial charge in [-0.2, -0.15) is 0 Å². The fourth-order valence-electron chi connectivity index (χ4n) is 1.97. The van der Waals surface area contributed by atoms with Gasteiger partial charge in [0.05, 0.1) is 5.41 Å². The first-order chi connectivity index (χ1) is 8.93. The molecule has 0 N–H and O–H groups in total. The van der Waals surface area contributed by atoms with E-state index in [-0.39, 0.29) is 11.5 Å². The first kappa shape index (κ1) is 14.1. The molecule has 1 fully saturated rings. The molecule has 2 aliphatic rings. The Bertz CT molecular complexity index is 513. The summed E-state index contributed by atoms with van der Waals surface area (Å²) in [6, 6.07) is 4.33. The van der Waals surface area contributed by atoms with E-state index >= 15 is 0 Å². The monoisotopic (exact) mass is 290 g/mol.